The number of carbonyl (C=O) groups excluding carboxylic acids is 1. The van der Waals surface area contributed by atoms with E-state index in [2.05, 4.69) is 93.1 Å². The summed E-state index contributed by atoms with van der Waals surface area (Å²) in [5.41, 5.74) is 6.15. The standard InChI is InChI=1S/C24H23N2.C15H28O2.Ir/c1-15-11-18(13-19(12-15)24(3,4)5)22-20-10-9-17-8-6-7-16(2)21(17)23(20)26-14-25-22;1-7-14(5,8-2)12(16)11-13(17)15(6,9-3)10-4;/h6-10,12-14H,1-5H3;11,16H,7-10H2,1-6H3;/q-1;;/b;12-11-;. The molecule has 0 bridgehead atoms. The summed E-state index contributed by atoms with van der Waals surface area (Å²) in [6.07, 6.45) is 6.43. The van der Waals surface area contributed by atoms with Crippen LogP contribution in [0.5, 0.6) is 0 Å². The molecule has 0 saturated heterocycles. The Morgan fingerprint density at radius 3 is 2.05 bits per heavy atom. The van der Waals surface area contributed by atoms with Crippen LogP contribution in [-0.4, -0.2) is 20.9 Å². The Hall–Kier alpha value is -2.88. The first-order valence-electron chi connectivity index (χ1n) is 15.8. The molecule has 1 N–H and O–H groups in total. The van der Waals surface area contributed by atoms with Gasteiger partial charge in [0, 0.05) is 42.4 Å². The van der Waals surface area contributed by atoms with E-state index in [0.29, 0.717) is 0 Å². The molecular weight excluding hydrogens is 721 g/mol. The molecular formula is C39H51IrN2O2-. The van der Waals surface area contributed by atoms with E-state index in [1.54, 1.807) is 6.33 Å². The maximum absolute atomic E-state index is 12.2. The number of ketones is 1. The second-order valence-corrected chi connectivity index (χ2v) is 13.5. The van der Waals surface area contributed by atoms with Crippen LogP contribution in [0, 0.1) is 30.7 Å². The van der Waals surface area contributed by atoms with Crippen LogP contribution in [0.2, 0.25) is 0 Å². The second kappa shape index (κ2) is 14.9. The van der Waals surface area contributed by atoms with E-state index in [1.807, 2.05) is 41.5 Å². The van der Waals surface area contributed by atoms with Crippen molar-refractivity contribution in [3.05, 3.63) is 83.4 Å². The molecule has 0 aliphatic carbocycles. The van der Waals surface area contributed by atoms with Crippen LogP contribution in [0.25, 0.3) is 32.9 Å². The molecule has 5 heteroatoms. The van der Waals surface area contributed by atoms with Crippen molar-refractivity contribution in [2.75, 3.05) is 0 Å². The van der Waals surface area contributed by atoms with Gasteiger partial charge in [-0.15, -0.1) is 34.9 Å². The molecule has 0 aliphatic heterocycles. The maximum Gasteiger partial charge on any atom is 0.164 e. The molecule has 0 atom stereocenters. The molecule has 0 fully saturated rings. The summed E-state index contributed by atoms with van der Waals surface area (Å²) in [5.74, 6) is 0.286. The van der Waals surface area contributed by atoms with E-state index in [9.17, 15) is 9.90 Å². The number of aliphatic hydroxyl groups excluding tert-OH is 1. The first-order valence-corrected chi connectivity index (χ1v) is 15.8. The van der Waals surface area contributed by atoms with Gasteiger partial charge in [0.2, 0.25) is 0 Å². The number of carbonyl (C=O) groups is 1. The van der Waals surface area contributed by atoms with Crippen LogP contribution in [0.3, 0.4) is 0 Å². The Morgan fingerprint density at radius 2 is 1.48 bits per heavy atom. The number of aliphatic hydroxyl groups is 1. The SMILES string of the molecule is CCC(C)(CC)C(=O)/C=C(\O)C(C)(CC)CC.Cc1[c-]c(-c2ncnc3c2ccc2cccc(C)c23)cc(C(C)(C)C)c1.[Ir]. The molecule has 4 aromatic rings. The minimum Gasteiger partial charge on any atom is -0.512 e. The minimum absolute atomic E-state index is 0. The number of fused-ring (bicyclic) bond motifs is 3. The zero-order valence-electron chi connectivity index (χ0n) is 28.6. The number of hydrogen-bond donors (Lipinski definition) is 1. The normalized spacial score (nSPS) is 12.5. The van der Waals surface area contributed by atoms with Crippen LogP contribution < -0.4 is 0 Å². The van der Waals surface area contributed by atoms with Gasteiger partial charge in [-0.05, 0) is 60.1 Å². The van der Waals surface area contributed by atoms with Crippen molar-refractivity contribution in [3.8, 4) is 11.3 Å². The van der Waals surface area contributed by atoms with Gasteiger partial charge >= 0.3 is 0 Å². The summed E-state index contributed by atoms with van der Waals surface area (Å²) < 4.78 is 0. The van der Waals surface area contributed by atoms with Crippen molar-refractivity contribution in [1.29, 1.82) is 0 Å². The molecule has 0 spiro atoms. The largest absolute Gasteiger partial charge is 0.512 e. The van der Waals surface area contributed by atoms with Crippen molar-refractivity contribution in [2.24, 2.45) is 10.8 Å². The van der Waals surface area contributed by atoms with E-state index >= 15 is 0 Å². The zero-order valence-corrected chi connectivity index (χ0v) is 31.0. The number of aromatic nitrogens is 2. The van der Waals surface area contributed by atoms with Crippen molar-refractivity contribution >= 4 is 27.5 Å². The van der Waals surface area contributed by atoms with Crippen molar-refractivity contribution < 1.29 is 30.0 Å². The topological polar surface area (TPSA) is 63.1 Å². The number of rotatable bonds is 8. The Labute approximate surface area is 279 Å². The molecule has 3 aromatic carbocycles. The smallest absolute Gasteiger partial charge is 0.164 e. The Bertz CT molecular complexity index is 1620. The third kappa shape index (κ3) is 8.03. The van der Waals surface area contributed by atoms with E-state index in [-0.39, 0.29) is 47.9 Å². The number of allylic oxidation sites excluding steroid dienone is 2. The fourth-order valence-electron chi connectivity index (χ4n) is 5.25. The van der Waals surface area contributed by atoms with Crippen LogP contribution >= 0.6 is 0 Å². The van der Waals surface area contributed by atoms with Gasteiger partial charge in [0.1, 0.15) is 12.1 Å². The summed E-state index contributed by atoms with van der Waals surface area (Å²) in [6.45, 7) is 23.0. The zero-order chi connectivity index (χ0) is 32.2. The van der Waals surface area contributed by atoms with Gasteiger partial charge in [0.05, 0.1) is 5.52 Å². The molecule has 1 radical (unpaired) electrons. The summed E-state index contributed by atoms with van der Waals surface area (Å²) in [4.78, 5) is 21.4. The van der Waals surface area contributed by atoms with Gasteiger partial charge in [-0.3, -0.25) is 9.78 Å². The molecule has 239 valence electrons. The van der Waals surface area contributed by atoms with Gasteiger partial charge in [-0.2, -0.15) is 0 Å². The fourth-order valence-corrected chi connectivity index (χ4v) is 5.25. The number of nitrogens with zero attached hydrogens (tertiary/aromatic N) is 2. The van der Waals surface area contributed by atoms with Crippen molar-refractivity contribution in [1.82, 2.24) is 9.97 Å². The maximum atomic E-state index is 12.2. The van der Waals surface area contributed by atoms with Gasteiger partial charge in [0.25, 0.3) is 0 Å². The summed E-state index contributed by atoms with van der Waals surface area (Å²) in [6, 6.07) is 18.6. The Morgan fingerprint density at radius 1 is 0.864 bits per heavy atom. The van der Waals surface area contributed by atoms with Crippen LogP contribution in [0.4, 0.5) is 0 Å². The second-order valence-electron chi connectivity index (χ2n) is 13.5. The Balaban J connectivity index is 0.000000331. The van der Waals surface area contributed by atoms with E-state index in [0.717, 1.165) is 53.4 Å². The van der Waals surface area contributed by atoms with Crippen LogP contribution in [-0.2, 0) is 30.3 Å². The summed E-state index contributed by atoms with van der Waals surface area (Å²) in [5, 5.41) is 13.6. The van der Waals surface area contributed by atoms with Gasteiger partial charge in [0.15, 0.2) is 5.78 Å². The third-order valence-corrected chi connectivity index (χ3v) is 9.58. The first-order chi connectivity index (χ1) is 20.1. The molecule has 44 heavy (non-hydrogen) atoms. The number of benzene rings is 3. The quantitative estimate of drug-likeness (QED) is 0.0839. The van der Waals surface area contributed by atoms with Crippen molar-refractivity contribution in [3.63, 3.8) is 0 Å². The predicted octanol–water partition coefficient (Wildman–Crippen LogP) is 10.8. The third-order valence-electron chi connectivity index (χ3n) is 9.58. The van der Waals surface area contributed by atoms with Gasteiger partial charge in [-0.25, -0.2) is 4.98 Å². The first kappa shape index (κ1) is 37.3. The molecule has 0 aliphatic rings. The van der Waals surface area contributed by atoms with E-state index < -0.39 is 0 Å². The molecule has 1 aromatic heterocycles. The average Bonchev–Trinajstić information content (AvgIpc) is 2.99. The molecule has 1 heterocycles. The number of aryl methyl sites for hydroxylation is 2. The fraction of sp³-hybridized carbons (Fsp3) is 0.462. The predicted molar refractivity (Wildman–Crippen MR) is 183 cm³/mol. The van der Waals surface area contributed by atoms with Gasteiger partial charge in [-0.1, -0.05) is 99.6 Å². The molecule has 0 amide bonds. The summed E-state index contributed by atoms with van der Waals surface area (Å²) in [7, 11) is 0. The van der Waals surface area contributed by atoms with E-state index in [4.69, 9.17) is 0 Å². The monoisotopic (exact) mass is 772 g/mol. The number of hydrogen-bond acceptors (Lipinski definition) is 4. The van der Waals surface area contributed by atoms with Gasteiger partial charge < -0.3 is 5.11 Å². The van der Waals surface area contributed by atoms with Crippen LogP contribution in [0.15, 0.2) is 60.6 Å². The molecule has 0 saturated carbocycles. The summed E-state index contributed by atoms with van der Waals surface area (Å²) >= 11 is 0. The van der Waals surface area contributed by atoms with Crippen molar-refractivity contribution in [2.45, 2.75) is 107 Å². The Kier molecular flexibility index (Phi) is 12.7. The average molecular weight is 772 g/mol. The minimum atomic E-state index is -0.337. The van der Waals surface area contributed by atoms with Crippen LogP contribution in [0.1, 0.15) is 105 Å². The molecule has 4 rings (SSSR count). The van der Waals surface area contributed by atoms with E-state index in [1.165, 1.54) is 28.0 Å². The molecule has 4 nitrogen and oxygen atoms in total. The molecule has 0 unspecified atom stereocenters.